The molecule has 2 fully saturated rings. The minimum Gasteiger partial charge on any atom is -0.272 e. The maximum absolute atomic E-state index is 13.5. The van der Waals surface area contributed by atoms with Crippen LogP contribution in [0.4, 0.5) is 11.4 Å². The molecule has 1 aliphatic carbocycles. The minimum atomic E-state index is -0.874. The molecule has 2 atom stereocenters. The van der Waals surface area contributed by atoms with Gasteiger partial charge in [-0.15, -0.1) is 0 Å². The zero-order valence-corrected chi connectivity index (χ0v) is 17.5. The van der Waals surface area contributed by atoms with E-state index in [9.17, 15) is 34.6 Å². The van der Waals surface area contributed by atoms with Crippen molar-refractivity contribution < 1.29 is 24.2 Å². The maximum Gasteiger partial charge on any atom is 0.282 e. The number of amides is 3. The van der Waals surface area contributed by atoms with Crippen LogP contribution in [0.25, 0.3) is 0 Å². The lowest BCUT2D eigenvalue weighted by Gasteiger charge is -2.30. The number of imide groups is 1. The number of fused-ring (bicyclic) bond motifs is 1. The van der Waals surface area contributed by atoms with Gasteiger partial charge >= 0.3 is 0 Å². The van der Waals surface area contributed by atoms with E-state index in [4.69, 9.17) is 0 Å². The molecular formula is C22H20N4O7. The van der Waals surface area contributed by atoms with E-state index in [1.807, 2.05) is 0 Å². The quantitative estimate of drug-likeness (QED) is 0.372. The summed E-state index contributed by atoms with van der Waals surface area (Å²) in [5, 5.41) is 24.2. The summed E-state index contributed by atoms with van der Waals surface area (Å²) in [5.74, 6) is -2.92. The average molecular weight is 452 g/mol. The molecule has 4 rings (SSSR count). The Morgan fingerprint density at radius 2 is 1.48 bits per heavy atom. The molecule has 1 saturated carbocycles. The normalized spacial score (nSPS) is 19.8. The lowest BCUT2D eigenvalue weighted by Crippen LogP contribution is -2.49. The fourth-order valence-electron chi connectivity index (χ4n) is 4.46. The Labute approximate surface area is 187 Å². The summed E-state index contributed by atoms with van der Waals surface area (Å²) in [6, 6.07) is 10.6. The van der Waals surface area contributed by atoms with Gasteiger partial charge in [0.1, 0.15) is 5.56 Å². The van der Waals surface area contributed by atoms with Crippen LogP contribution in [0.3, 0.4) is 0 Å². The van der Waals surface area contributed by atoms with Gasteiger partial charge in [-0.1, -0.05) is 37.1 Å². The molecule has 2 aromatic carbocycles. The average Bonchev–Trinajstić information content (AvgIpc) is 3.07. The molecule has 11 heteroatoms. The smallest absolute Gasteiger partial charge is 0.272 e. The molecule has 1 saturated heterocycles. The standard InChI is InChI=1S/C22H20N4O7/c27-20(18-7-3-4-8-19(18)26(32)33)23(13-14-9-11-15(12-10-14)25(30)31)24-21(28)16-5-1-2-6-17(16)22(24)29/h3-4,7-12,16-17H,1-2,5-6,13H2/t16-,17+. The van der Waals surface area contributed by atoms with E-state index in [-0.39, 0.29) is 17.8 Å². The van der Waals surface area contributed by atoms with Crippen LogP contribution < -0.4 is 0 Å². The number of nitro groups is 2. The molecule has 2 aliphatic rings. The third kappa shape index (κ3) is 4.04. The van der Waals surface area contributed by atoms with Gasteiger partial charge in [-0.25, -0.2) is 5.01 Å². The van der Waals surface area contributed by atoms with Crippen molar-refractivity contribution in [1.82, 2.24) is 10.0 Å². The predicted molar refractivity (Wildman–Crippen MR) is 113 cm³/mol. The molecule has 2 aromatic rings. The van der Waals surface area contributed by atoms with Crippen LogP contribution in [0.1, 0.15) is 41.6 Å². The van der Waals surface area contributed by atoms with Gasteiger partial charge in [-0.2, -0.15) is 5.01 Å². The van der Waals surface area contributed by atoms with Gasteiger partial charge in [0, 0.05) is 18.2 Å². The second kappa shape index (κ2) is 8.77. The third-order valence-corrected chi connectivity index (χ3v) is 6.10. The first kappa shape index (κ1) is 22.1. The Kier molecular flexibility index (Phi) is 5.86. The number of para-hydroxylation sites is 1. The van der Waals surface area contributed by atoms with Crippen molar-refractivity contribution in [3.05, 3.63) is 79.9 Å². The second-order valence-corrected chi connectivity index (χ2v) is 8.05. The molecule has 170 valence electrons. The molecule has 0 spiro atoms. The molecule has 1 aliphatic heterocycles. The van der Waals surface area contributed by atoms with E-state index in [0.29, 0.717) is 18.4 Å². The molecule has 0 radical (unpaired) electrons. The molecule has 3 amide bonds. The summed E-state index contributed by atoms with van der Waals surface area (Å²) in [6.45, 7) is -0.264. The highest BCUT2D eigenvalue weighted by molar-refractivity contribution is 6.08. The van der Waals surface area contributed by atoms with E-state index in [1.54, 1.807) is 0 Å². The van der Waals surface area contributed by atoms with Crippen LogP contribution in [-0.2, 0) is 16.1 Å². The van der Waals surface area contributed by atoms with Crippen molar-refractivity contribution in [3.8, 4) is 0 Å². The molecule has 33 heavy (non-hydrogen) atoms. The zero-order valence-electron chi connectivity index (χ0n) is 17.5. The SMILES string of the molecule is O=C(c1ccccc1[N+](=O)[O-])N(Cc1ccc([N+](=O)[O-])cc1)N1C(=O)[C@H]2CCCC[C@H]2C1=O. The fourth-order valence-corrected chi connectivity index (χ4v) is 4.46. The number of nitrogens with zero attached hydrogens (tertiary/aromatic N) is 4. The predicted octanol–water partition coefficient (Wildman–Crippen LogP) is 3.24. The molecule has 11 nitrogen and oxygen atoms in total. The first-order valence-electron chi connectivity index (χ1n) is 10.5. The summed E-state index contributed by atoms with van der Waals surface area (Å²) in [5.41, 5.74) is -0.453. The number of hydrazine groups is 1. The summed E-state index contributed by atoms with van der Waals surface area (Å²) < 4.78 is 0. The second-order valence-electron chi connectivity index (χ2n) is 8.05. The third-order valence-electron chi connectivity index (χ3n) is 6.10. The number of hydrogen-bond acceptors (Lipinski definition) is 7. The van der Waals surface area contributed by atoms with Crippen LogP contribution >= 0.6 is 0 Å². The monoisotopic (exact) mass is 452 g/mol. The van der Waals surface area contributed by atoms with Gasteiger partial charge in [0.25, 0.3) is 29.1 Å². The molecule has 0 N–H and O–H groups in total. The van der Waals surface area contributed by atoms with Gasteiger partial charge in [-0.3, -0.25) is 34.6 Å². The highest BCUT2D eigenvalue weighted by Gasteiger charge is 2.51. The Morgan fingerprint density at radius 3 is 2.03 bits per heavy atom. The van der Waals surface area contributed by atoms with Crippen LogP contribution in [-0.4, -0.2) is 37.6 Å². The number of rotatable bonds is 6. The van der Waals surface area contributed by atoms with Crippen LogP contribution in [0, 0.1) is 32.1 Å². The minimum absolute atomic E-state index is 0.158. The lowest BCUT2D eigenvalue weighted by atomic mass is 9.81. The van der Waals surface area contributed by atoms with Crippen molar-refractivity contribution in [2.45, 2.75) is 32.2 Å². The van der Waals surface area contributed by atoms with Crippen LogP contribution in [0.15, 0.2) is 48.5 Å². The Balaban J connectivity index is 1.75. The highest BCUT2D eigenvalue weighted by atomic mass is 16.6. The fraction of sp³-hybridized carbons (Fsp3) is 0.318. The Bertz CT molecular complexity index is 1120. The van der Waals surface area contributed by atoms with Crippen LogP contribution in [0.2, 0.25) is 0 Å². The van der Waals surface area contributed by atoms with Gasteiger partial charge in [0.05, 0.1) is 28.2 Å². The summed E-state index contributed by atoms with van der Waals surface area (Å²) in [4.78, 5) is 61.0. The molecule has 0 bridgehead atoms. The zero-order chi connectivity index (χ0) is 23.7. The van der Waals surface area contributed by atoms with E-state index in [2.05, 4.69) is 0 Å². The van der Waals surface area contributed by atoms with Gasteiger partial charge < -0.3 is 0 Å². The first-order chi connectivity index (χ1) is 15.8. The summed E-state index contributed by atoms with van der Waals surface area (Å²) >= 11 is 0. The molecule has 0 unspecified atom stereocenters. The number of carbonyl (C=O) groups excluding carboxylic acids is 3. The summed E-state index contributed by atoms with van der Waals surface area (Å²) in [7, 11) is 0. The summed E-state index contributed by atoms with van der Waals surface area (Å²) in [6.07, 6.45) is 2.68. The largest absolute Gasteiger partial charge is 0.282 e. The number of carbonyl (C=O) groups is 3. The molecule has 0 aromatic heterocycles. The highest BCUT2D eigenvalue weighted by Crippen LogP contribution is 2.39. The van der Waals surface area contributed by atoms with Crippen molar-refractivity contribution in [2.75, 3.05) is 0 Å². The number of nitro benzene ring substituents is 2. The van der Waals surface area contributed by atoms with E-state index in [1.165, 1.54) is 48.5 Å². The van der Waals surface area contributed by atoms with Crippen molar-refractivity contribution in [1.29, 1.82) is 0 Å². The number of non-ortho nitro benzene ring substituents is 1. The lowest BCUT2D eigenvalue weighted by molar-refractivity contribution is -0.385. The Hall–Kier alpha value is -4.15. The number of hydrogen-bond donors (Lipinski definition) is 0. The Morgan fingerprint density at radius 1 is 0.909 bits per heavy atom. The van der Waals surface area contributed by atoms with Gasteiger partial charge in [0.15, 0.2) is 0 Å². The maximum atomic E-state index is 13.5. The first-order valence-corrected chi connectivity index (χ1v) is 10.5. The van der Waals surface area contributed by atoms with E-state index >= 15 is 0 Å². The molecular weight excluding hydrogens is 432 g/mol. The van der Waals surface area contributed by atoms with Gasteiger partial charge in [-0.05, 0) is 24.5 Å². The topological polar surface area (TPSA) is 144 Å². The van der Waals surface area contributed by atoms with E-state index in [0.717, 1.165) is 22.9 Å². The van der Waals surface area contributed by atoms with Crippen LogP contribution in [0.5, 0.6) is 0 Å². The molecule has 1 heterocycles. The number of benzene rings is 2. The van der Waals surface area contributed by atoms with Gasteiger partial charge in [0.2, 0.25) is 0 Å². The van der Waals surface area contributed by atoms with Crippen molar-refractivity contribution in [2.24, 2.45) is 11.8 Å². The van der Waals surface area contributed by atoms with E-state index < -0.39 is 45.1 Å². The van der Waals surface area contributed by atoms with Crippen molar-refractivity contribution in [3.63, 3.8) is 0 Å². The van der Waals surface area contributed by atoms with Crippen molar-refractivity contribution >= 4 is 29.1 Å².